The molecule has 3 saturated heterocycles. The van der Waals surface area contributed by atoms with E-state index in [1.54, 1.807) is 4.90 Å². The van der Waals surface area contributed by atoms with Crippen molar-refractivity contribution in [3.8, 4) is 0 Å². The number of benzene rings is 3. The lowest BCUT2D eigenvalue weighted by Crippen LogP contribution is -2.55. The lowest BCUT2D eigenvalue weighted by atomic mass is 9.80. The summed E-state index contributed by atoms with van der Waals surface area (Å²) in [7, 11) is 0. The fourth-order valence-corrected chi connectivity index (χ4v) is 5.18. The number of epoxide rings is 1. The van der Waals surface area contributed by atoms with Gasteiger partial charge >= 0.3 is 6.03 Å². The van der Waals surface area contributed by atoms with Gasteiger partial charge in [-0.2, -0.15) is 0 Å². The Kier molecular flexibility index (Phi) is 5.60. The van der Waals surface area contributed by atoms with Gasteiger partial charge in [-0.25, -0.2) is 4.79 Å². The molecule has 1 N–H and O–H groups in total. The minimum Gasteiger partial charge on any atom is -0.362 e. The third kappa shape index (κ3) is 3.91. The van der Waals surface area contributed by atoms with Crippen molar-refractivity contribution in [3.05, 3.63) is 108 Å². The average Bonchev–Trinajstić information content (AvgIpc) is 3.62. The Labute approximate surface area is 203 Å². The zero-order valence-corrected chi connectivity index (χ0v) is 19.1. The second-order valence-electron chi connectivity index (χ2n) is 9.02. The van der Waals surface area contributed by atoms with Crippen LogP contribution in [0.4, 0.5) is 4.79 Å². The van der Waals surface area contributed by atoms with E-state index in [9.17, 15) is 9.59 Å². The fraction of sp³-hybridized carbons (Fsp3) is 0.286. The van der Waals surface area contributed by atoms with E-state index in [0.29, 0.717) is 6.54 Å². The molecule has 3 fully saturated rings. The molecule has 35 heavy (non-hydrogen) atoms. The zero-order chi connectivity index (χ0) is 23.8. The molecule has 0 aromatic heterocycles. The van der Waals surface area contributed by atoms with Crippen LogP contribution in [-0.4, -0.2) is 54.5 Å². The minimum atomic E-state index is -0.857. The Morgan fingerprint density at radius 1 is 0.800 bits per heavy atom. The van der Waals surface area contributed by atoms with Crippen molar-refractivity contribution in [1.29, 1.82) is 0 Å². The first-order valence-electron chi connectivity index (χ1n) is 11.9. The number of hydrogen-bond acceptors (Lipinski definition) is 5. The first-order chi connectivity index (χ1) is 17.2. The molecule has 4 unspecified atom stereocenters. The van der Waals surface area contributed by atoms with Gasteiger partial charge in [-0.1, -0.05) is 91.0 Å². The summed E-state index contributed by atoms with van der Waals surface area (Å²) in [5, 5.41) is 2.36. The van der Waals surface area contributed by atoms with Gasteiger partial charge in [-0.15, -0.1) is 0 Å². The number of ether oxygens (including phenoxy) is 3. The van der Waals surface area contributed by atoms with E-state index in [-0.39, 0.29) is 37.2 Å². The third-order valence-electron chi connectivity index (χ3n) is 6.92. The highest BCUT2D eigenvalue weighted by Crippen LogP contribution is 2.44. The van der Waals surface area contributed by atoms with Crippen molar-refractivity contribution >= 4 is 11.9 Å². The minimum absolute atomic E-state index is 0.148. The van der Waals surface area contributed by atoms with Crippen LogP contribution < -0.4 is 5.32 Å². The summed E-state index contributed by atoms with van der Waals surface area (Å²) in [6.07, 6.45) is -0.969. The topological polar surface area (TPSA) is 80.4 Å². The Morgan fingerprint density at radius 2 is 1.34 bits per heavy atom. The van der Waals surface area contributed by atoms with Gasteiger partial charge in [0.05, 0.1) is 6.61 Å². The van der Waals surface area contributed by atoms with Crippen molar-refractivity contribution < 1.29 is 23.8 Å². The highest BCUT2D eigenvalue weighted by atomic mass is 16.7. The summed E-state index contributed by atoms with van der Waals surface area (Å²) in [5.41, 5.74) is 2.17. The molecule has 0 spiro atoms. The molecule has 3 aromatic carbocycles. The largest absolute Gasteiger partial charge is 0.362 e. The number of hydrogen-bond donors (Lipinski definition) is 1. The Morgan fingerprint density at radius 3 is 1.86 bits per heavy atom. The standard InChI is InChI=1S/C28H26N2O5/c31-23-16-17-30(27(32)29-23)26-25-24(35-25)22(34-26)18-33-28(19-10-4-1-5-11-19,20-12-6-2-7-13-20)21-14-8-3-9-15-21/h1-15,22,24-26H,16-18H2,(H,29,31,32). The Hall–Kier alpha value is -3.52. The van der Waals surface area contributed by atoms with Crippen LogP contribution in [0.25, 0.3) is 0 Å². The van der Waals surface area contributed by atoms with Gasteiger partial charge in [-0.3, -0.25) is 15.0 Å². The first kappa shape index (κ1) is 22.0. The lowest BCUT2D eigenvalue weighted by Gasteiger charge is -2.37. The molecule has 0 radical (unpaired) electrons. The van der Waals surface area contributed by atoms with Gasteiger partial charge in [0, 0.05) is 13.0 Å². The van der Waals surface area contributed by atoms with E-state index >= 15 is 0 Å². The van der Waals surface area contributed by atoms with Crippen LogP contribution in [0.3, 0.4) is 0 Å². The van der Waals surface area contributed by atoms with E-state index in [0.717, 1.165) is 16.7 Å². The predicted molar refractivity (Wildman–Crippen MR) is 127 cm³/mol. The van der Waals surface area contributed by atoms with E-state index in [2.05, 4.69) is 41.7 Å². The van der Waals surface area contributed by atoms with Crippen LogP contribution >= 0.6 is 0 Å². The Bertz CT molecular complexity index is 1110. The number of rotatable bonds is 7. The molecule has 7 nitrogen and oxygen atoms in total. The summed E-state index contributed by atoms with van der Waals surface area (Å²) in [4.78, 5) is 25.5. The van der Waals surface area contributed by atoms with Crippen molar-refractivity contribution in [1.82, 2.24) is 10.2 Å². The lowest BCUT2D eigenvalue weighted by molar-refractivity contribution is -0.136. The number of carbonyl (C=O) groups excluding carboxylic acids is 2. The Balaban J connectivity index is 1.31. The highest BCUT2D eigenvalue weighted by Gasteiger charge is 2.61. The second-order valence-corrected chi connectivity index (χ2v) is 9.02. The third-order valence-corrected chi connectivity index (χ3v) is 6.92. The summed E-state index contributed by atoms with van der Waals surface area (Å²) in [6.45, 7) is 0.586. The maximum atomic E-state index is 12.4. The smallest absolute Gasteiger partial charge is 0.326 e. The summed E-state index contributed by atoms with van der Waals surface area (Å²) >= 11 is 0. The molecule has 3 aliphatic rings. The molecule has 0 bridgehead atoms. The maximum Gasteiger partial charge on any atom is 0.326 e. The summed E-state index contributed by atoms with van der Waals surface area (Å²) in [5.74, 6) is -0.268. The van der Waals surface area contributed by atoms with Gasteiger partial charge in [0.25, 0.3) is 0 Å². The quantitative estimate of drug-likeness (QED) is 0.423. The molecule has 3 aliphatic heterocycles. The van der Waals surface area contributed by atoms with Gasteiger partial charge in [0.2, 0.25) is 5.91 Å². The summed E-state index contributed by atoms with van der Waals surface area (Å²) < 4.78 is 19.0. The monoisotopic (exact) mass is 470 g/mol. The van der Waals surface area contributed by atoms with Crippen LogP contribution in [-0.2, 0) is 24.6 Å². The molecule has 3 heterocycles. The fourth-order valence-electron chi connectivity index (χ4n) is 5.18. The second kappa shape index (κ2) is 8.92. The van der Waals surface area contributed by atoms with Crippen molar-refractivity contribution in [2.75, 3.05) is 13.2 Å². The van der Waals surface area contributed by atoms with Gasteiger partial charge in [0.1, 0.15) is 23.9 Å². The van der Waals surface area contributed by atoms with Crippen LogP contribution in [0.2, 0.25) is 0 Å². The number of amides is 3. The highest BCUT2D eigenvalue weighted by molar-refractivity contribution is 5.96. The van der Waals surface area contributed by atoms with E-state index in [4.69, 9.17) is 14.2 Å². The van der Waals surface area contributed by atoms with Gasteiger partial charge in [0.15, 0.2) is 6.23 Å². The van der Waals surface area contributed by atoms with Crippen LogP contribution in [0.1, 0.15) is 23.1 Å². The molecule has 4 atom stereocenters. The molecule has 7 heteroatoms. The number of fused-ring (bicyclic) bond motifs is 1. The molecular formula is C28H26N2O5. The SMILES string of the molecule is O=C1CCN(C2OC(COC(c3ccccc3)(c3ccccc3)c3ccccc3)C3OC32)C(=O)N1. The predicted octanol–water partition coefficient (Wildman–Crippen LogP) is 3.43. The molecule has 3 aromatic rings. The molecule has 178 valence electrons. The first-order valence-corrected chi connectivity index (χ1v) is 11.9. The molecule has 6 rings (SSSR count). The number of carbonyl (C=O) groups is 2. The molecular weight excluding hydrogens is 444 g/mol. The van der Waals surface area contributed by atoms with Crippen LogP contribution in [0.15, 0.2) is 91.0 Å². The van der Waals surface area contributed by atoms with Crippen molar-refractivity contribution in [2.24, 2.45) is 0 Å². The van der Waals surface area contributed by atoms with E-state index in [1.165, 1.54) is 0 Å². The number of urea groups is 1. The normalized spacial score (nSPS) is 25.8. The maximum absolute atomic E-state index is 12.4. The van der Waals surface area contributed by atoms with Crippen molar-refractivity contribution in [3.63, 3.8) is 0 Å². The van der Waals surface area contributed by atoms with Gasteiger partial charge in [-0.05, 0) is 16.7 Å². The van der Waals surface area contributed by atoms with Crippen molar-refractivity contribution in [2.45, 2.75) is 36.6 Å². The van der Waals surface area contributed by atoms with Crippen LogP contribution in [0.5, 0.6) is 0 Å². The molecule has 3 amide bonds. The van der Waals surface area contributed by atoms with Gasteiger partial charge < -0.3 is 14.2 Å². The summed E-state index contributed by atoms with van der Waals surface area (Å²) in [6, 6.07) is 30.0. The zero-order valence-electron chi connectivity index (χ0n) is 19.1. The van der Waals surface area contributed by atoms with Crippen LogP contribution in [0, 0.1) is 0 Å². The molecule has 0 saturated carbocycles. The number of nitrogens with one attached hydrogen (secondary N) is 1. The number of nitrogens with zero attached hydrogens (tertiary/aromatic N) is 1. The molecule has 0 aliphatic carbocycles. The van der Waals surface area contributed by atoms with E-state index < -0.39 is 17.9 Å². The number of imide groups is 1. The average molecular weight is 471 g/mol. The van der Waals surface area contributed by atoms with E-state index in [1.807, 2.05) is 54.6 Å².